The van der Waals surface area contributed by atoms with Gasteiger partial charge in [-0.25, -0.2) is 0 Å². The Morgan fingerprint density at radius 2 is 1.50 bits per heavy atom. The van der Waals surface area contributed by atoms with Gasteiger partial charge in [0.15, 0.2) is 0 Å². The van der Waals surface area contributed by atoms with Crippen molar-refractivity contribution in [3.63, 3.8) is 0 Å². The summed E-state index contributed by atoms with van der Waals surface area (Å²) in [6.45, 7) is 5.65. The summed E-state index contributed by atoms with van der Waals surface area (Å²) in [7, 11) is 0. The van der Waals surface area contributed by atoms with Crippen LogP contribution in [0.25, 0.3) is 11.1 Å². The summed E-state index contributed by atoms with van der Waals surface area (Å²) >= 11 is 0. The molecule has 1 saturated heterocycles. The van der Waals surface area contributed by atoms with Crippen molar-refractivity contribution in [1.29, 1.82) is 0 Å². The van der Waals surface area contributed by atoms with E-state index in [1.165, 1.54) is 24.0 Å². The smallest absolute Gasteiger partial charge is 0.128 e. The molecule has 0 aromatic heterocycles. The van der Waals surface area contributed by atoms with E-state index in [2.05, 4.69) is 39.4 Å². The van der Waals surface area contributed by atoms with Gasteiger partial charge in [0.2, 0.25) is 0 Å². The van der Waals surface area contributed by atoms with Crippen LogP contribution in [0.4, 0.5) is 0 Å². The summed E-state index contributed by atoms with van der Waals surface area (Å²) in [4.78, 5) is 2.48. The highest BCUT2D eigenvalue weighted by Crippen LogP contribution is 2.36. The number of phenolic OH excluding ortho intramolecular Hbond substituents is 1. The van der Waals surface area contributed by atoms with Crippen molar-refractivity contribution < 1.29 is 14.6 Å². The maximum Gasteiger partial charge on any atom is 0.128 e. The summed E-state index contributed by atoms with van der Waals surface area (Å²) in [6, 6.07) is 21.8. The number of ether oxygens (including phenoxy) is 2. The molecule has 0 amide bonds. The quantitative estimate of drug-likeness (QED) is 0.183. The first-order chi connectivity index (χ1) is 17.8. The molecule has 6 nitrogen and oxygen atoms in total. The van der Waals surface area contributed by atoms with Crippen molar-refractivity contribution in [2.75, 3.05) is 39.5 Å². The van der Waals surface area contributed by atoms with Gasteiger partial charge in [0.05, 0.1) is 26.0 Å². The standard InChI is InChI=1S/C30H33N3O3/c34-29-21-24(36-18-8-2-1-7-15-33-16-19-35-20-17-33)14-13-23(29)22-31-32-30-27-11-5-3-9-25(27)26-10-4-6-12-28(26)30/h3-6,9-14,21-22,34H,1-2,7-8,15-20H2. The molecule has 5 rings (SSSR count). The number of benzene rings is 3. The Labute approximate surface area is 212 Å². The third-order valence-corrected chi connectivity index (χ3v) is 6.75. The van der Waals surface area contributed by atoms with Gasteiger partial charge in [0.25, 0.3) is 0 Å². The molecule has 0 saturated carbocycles. The molecule has 0 spiro atoms. The molecule has 1 fully saturated rings. The van der Waals surface area contributed by atoms with Gasteiger partial charge in [0.1, 0.15) is 17.2 Å². The molecule has 0 radical (unpaired) electrons. The summed E-state index contributed by atoms with van der Waals surface area (Å²) in [5.74, 6) is 0.803. The molecular weight excluding hydrogens is 450 g/mol. The SMILES string of the molecule is Oc1cc(OCCCCCCN2CCOCC2)ccc1C=NN=C1c2ccccc2-c2ccccc21. The van der Waals surface area contributed by atoms with E-state index < -0.39 is 0 Å². The van der Waals surface area contributed by atoms with Crippen LogP contribution in [0.2, 0.25) is 0 Å². The Bertz CT molecular complexity index is 1180. The van der Waals surface area contributed by atoms with E-state index in [1.807, 2.05) is 36.4 Å². The summed E-state index contributed by atoms with van der Waals surface area (Å²) < 4.78 is 11.2. The van der Waals surface area contributed by atoms with Gasteiger partial charge in [-0.3, -0.25) is 4.90 Å². The Hall–Kier alpha value is -3.48. The Morgan fingerprint density at radius 3 is 2.19 bits per heavy atom. The molecule has 1 aliphatic heterocycles. The lowest BCUT2D eigenvalue weighted by atomic mass is 10.1. The highest BCUT2D eigenvalue weighted by molar-refractivity contribution is 6.24. The minimum absolute atomic E-state index is 0.134. The van der Waals surface area contributed by atoms with E-state index in [0.717, 1.165) is 62.5 Å². The Balaban J connectivity index is 1.11. The predicted octanol–water partition coefficient (Wildman–Crippen LogP) is 5.52. The number of rotatable bonds is 10. The topological polar surface area (TPSA) is 66.7 Å². The second-order valence-electron chi connectivity index (χ2n) is 9.22. The number of nitrogens with zero attached hydrogens (tertiary/aromatic N) is 3. The van der Waals surface area contributed by atoms with Crippen LogP contribution in [0.1, 0.15) is 42.4 Å². The molecule has 1 heterocycles. The van der Waals surface area contributed by atoms with E-state index in [-0.39, 0.29) is 5.75 Å². The number of morpholine rings is 1. The van der Waals surface area contributed by atoms with Gasteiger partial charge in [-0.15, -0.1) is 5.10 Å². The minimum Gasteiger partial charge on any atom is -0.507 e. The van der Waals surface area contributed by atoms with E-state index in [0.29, 0.717) is 17.9 Å². The monoisotopic (exact) mass is 483 g/mol. The van der Waals surface area contributed by atoms with Crippen LogP contribution < -0.4 is 4.74 Å². The van der Waals surface area contributed by atoms with Crippen molar-refractivity contribution in [3.8, 4) is 22.6 Å². The fourth-order valence-corrected chi connectivity index (χ4v) is 4.78. The zero-order chi connectivity index (χ0) is 24.6. The van der Waals surface area contributed by atoms with Crippen molar-refractivity contribution in [1.82, 2.24) is 4.90 Å². The fraction of sp³-hybridized carbons (Fsp3) is 0.333. The van der Waals surface area contributed by atoms with Gasteiger partial charge in [0, 0.05) is 35.8 Å². The molecule has 3 aromatic rings. The third-order valence-electron chi connectivity index (χ3n) is 6.75. The number of aromatic hydroxyl groups is 1. The lowest BCUT2D eigenvalue weighted by Crippen LogP contribution is -2.36. The van der Waals surface area contributed by atoms with Crippen LogP contribution in [0, 0.1) is 0 Å². The average molecular weight is 484 g/mol. The maximum absolute atomic E-state index is 10.5. The van der Waals surface area contributed by atoms with Crippen LogP contribution in [-0.2, 0) is 4.74 Å². The summed E-state index contributed by atoms with van der Waals surface area (Å²) in [5, 5.41) is 19.3. The van der Waals surface area contributed by atoms with E-state index >= 15 is 0 Å². The number of hydrogen-bond donors (Lipinski definition) is 1. The molecule has 1 aliphatic carbocycles. The van der Waals surface area contributed by atoms with Crippen LogP contribution in [0.3, 0.4) is 0 Å². The highest BCUT2D eigenvalue weighted by atomic mass is 16.5. The molecule has 6 heteroatoms. The number of phenols is 1. The lowest BCUT2D eigenvalue weighted by molar-refractivity contribution is 0.0371. The second-order valence-corrected chi connectivity index (χ2v) is 9.22. The molecule has 0 atom stereocenters. The van der Waals surface area contributed by atoms with Gasteiger partial charge >= 0.3 is 0 Å². The van der Waals surface area contributed by atoms with E-state index in [1.54, 1.807) is 12.3 Å². The van der Waals surface area contributed by atoms with Gasteiger partial charge in [-0.05, 0) is 42.6 Å². The molecule has 0 unspecified atom stereocenters. The first kappa shape index (κ1) is 24.2. The normalized spacial score (nSPS) is 15.2. The number of hydrogen-bond acceptors (Lipinski definition) is 6. The minimum atomic E-state index is 0.134. The molecule has 186 valence electrons. The third kappa shape index (κ3) is 5.83. The summed E-state index contributed by atoms with van der Waals surface area (Å²) in [6.07, 6.45) is 6.17. The van der Waals surface area contributed by atoms with Gasteiger partial charge in [-0.2, -0.15) is 5.10 Å². The first-order valence-corrected chi connectivity index (χ1v) is 12.9. The van der Waals surface area contributed by atoms with Crippen molar-refractivity contribution >= 4 is 11.9 Å². The van der Waals surface area contributed by atoms with Crippen LogP contribution in [-0.4, -0.2) is 61.4 Å². The maximum atomic E-state index is 10.5. The predicted molar refractivity (Wildman–Crippen MR) is 144 cm³/mol. The average Bonchev–Trinajstić information content (AvgIpc) is 3.24. The van der Waals surface area contributed by atoms with Crippen LogP contribution >= 0.6 is 0 Å². The zero-order valence-corrected chi connectivity index (χ0v) is 20.6. The molecular formula is C30H33N3O3. The van der Waals surface area contributed by atoms with Gasteiger partial charge < -0.3 is 14.6 Å². The van der Waals surface area contributed by atoms with Crippen LogP contribution in [0.5, 0.6) is 11.5 Å². The lowest BCUT2D eigenvalue weighted by Gasteiger charge is -2.26. The molecule has 3 aromatic carbocycles. The van der Waals surface area contributed by atoms with E-state index in [4.69, 9.17) is 9.47 Å². The molecule has 36 heavy (non-hydrogen) atoms. The second kappa shape index (κ2) is 12.0. The van der Waals surface area contributed by atoms with E-state index in [9.17, 15) is 5.11 Å². The Morgan fingerprint density at radius 1 is 0.833 bits per heavy atom. The van der Waals surface area contributed by atoms with Crippen molar-refractivity contribution in [2.24, 2.45) is 10.2 Å². The molecule has 1 N–H and O–H groups in total. The zero-order valence-electron chi connectivity index (χ0n) is 20.6. The van der Waals surface area contributed by atoms with Crippen molar-refractivity contribution in [3.05, 3.63) is 83.4 Å². The Kier molecular flexibility index (Phi) is 8.06. The fourth-order valence-electron chi connectivity index (χ4n) is 4.78. The molecule has 2 aliphatic rings. The van der Waals surface area contributed by atoms with Crippen LogP contribution in [0.15, 0.2) is 76.9 Å². The molecule has 0 bridgehead atoms. The summed E-state index contributed by atoms with van der Waals surface area (Å²) in [5.41, 5.74) is 5.94. The first-order valence-electron chi connectivity index (χ1n) is 12.9. The highest BCUT2D eigenvalue weighted by Gasteiger charge is 2.23. The van der Waals surface area contributed by atoms with Crippen molar-refractivity contribution in [2.45, 2.75) is 25.7 Å². The van der Waals surface area contributed by atoms with Gasteiger partial charge in [-0.1, -0.05) is 61.4 Å². The largest absolute Gasteiger partial charge is 0.507 e. The number of fused-ring (bicyclic) bond motifs is 3. The number of unbranched alkanes of at least 4 members (excludes halogenated alkanes) is 3.